The van der Waals surface area contributed by atoms with Crippen LogP contribution in [0, 0.1) is 6.92 Å². The van der Waals surface area contributed by atoms with Gasteiger partial charge >= 0.3 is 5.97 Å². The van der Waals surface area contributed by atoms with Crippen LogP contribution in [-0.4, -0.2) is 40.9 Å². The Bertz CT molecular complexity index is 1700. The van der Waals surface area contributed by atoms with E-state index in [2.05, 4.69) is 72.4 Å². The minimum absolute atomic E-state index is 0.0521. The van der Waals surface area contributed by atoms with Crippen molar-refractivity contribution < 1.29 is 19.4 Å². The quantitative estimate of drug-likeness (QED) is 0.0550. The molecule has 21 heteroatoms. The number of aromatic nitrogens is 2. The number of thiophene rings is 4. The second-order valence-corrected chi connectivity index (χ2v) is 31.6. The van der Waals surface area contributed by atoms with Crippen molar-refractivity contribution >= 4 is 176 Å². The van der Waals surface area contributed by atoms with Gasteiger partial charge in [-0.3, -0.25) is 4.79 Å². The van der Waals surface area contributed by atoms with Gasteiger partial charge in [0.25, 0.3) is 5.56 Å². The SMILES string of the molecule is BrP(Br)Br.C1CCOC1.CCOC(=O)c1sccc1Cl.Cc1cc(=O)[nH]c(SCc2sccc2Cl)n1.Clc1ccsc1CBr.OCc1sccc1Cl. The molecular formula is C31H33Br4Cl4N2O5PS5. The number of aryl methyl sites for hydroxylation is 1. The van der Waals surface area contributed by atoms with E-state index < -0.39 is 0 Å². The summed E-state index contributed by atoms with van der Waals surface area (Å²) in [5.41, 5.74) is 0.607. The summed E-state index contributed by atoms with van der Waals surface area (Å²) in [6, 6.07) is 8.70. The number of rotatable bonds is 7. The van der Waals surface area contributed by atoms with E-state index >= 15 is 0 Å². The zero-order chi connectivity index (χ0) is 38.9. The fraction of sp³-hybridized carbons (Fsp3) is 0.323. The molecule has 1 saturated heterocycles. The van der Waals surface area contributed by atoms with Gasteiger partial charge in [0.2, 0.25) is 0 Å². The van der Waals surface area contributed by atoms with Gasteiger partial charge in [-0.2, -0.15) is 0 Å². The summed E-state index contributed by atoms with van der Waals surface area (Å²) in [7, 11) is 0. The van der Waals surface area contributed by atoms with Gasteiger partial charge in [-0.05, 0) is 119 Å². The molecule has 0 aliphatic carbocycles. The van der Waals surface area contributed by atoms with Crippen molar-refractivity contribution in [2.45, 2.75) is 49.5 Å². The molecule has 0 saturated carbocycles. The first kappa shape index (κ1) is 50.9. The number of hydrogen-bond donors (Lipinski definition) is 2. The lowest BCUT2D eigenvalue weighted by Gasteiger charge is -2.00. The minimum Gasteiger partial charge on any atom is -0.462 e. The number of ether oxygens (including phenoxy) is 2. The molecule has 1 fully saturated rings. The van der Waals surface area contributed by atoms with Gasteiger partial charge in [-0.15, -0.1) is 45.3 Å². The predicted molar refractivity (Wildman–Crippen MR) is 245 cm³/mol. The minimum atomic E-state index is -0.340. The molecule has 0 amide bonds. The van der Waals surface area contributed by atoms with Crippen molar-refractivity contribution in [3.63, 3.8) is 0 Å². The number of nitrogens with zero attached hydrogens (tertiary/aromatic N) is 1. The van der Waals surface area contributed by atoms with E-state index in [0.717, 1.165) is 49.8 Å². The van der Waals surface area contributed by atoms with Gasteiger partial charge < -0.3 is 19.6 Å². The highest BCUT2D eigenvalue weighted by Crippen LogP contribution is 2.59. The average molecular weight is 1170 g/mol. The number of H-pyrrole nitrogens is 1. The average Bonchev–Trinajstić information content (AvgIpc) is 3.94. The standard InChI is InChI=1S/C10H9ClN2OS2.C7H7ClO2S.C5H4BrClS.C5H5ClOS.C4H8O.Br3P/c1-6-4-9(14)13-10(12-6)16-5-8-7(11)2-3-15-8;1-2-10-7(9)6-5(8)3-4-11-6;6-3-5-4(7)1-2-8-5;6-4-1-2-8-5(4)3-7;1-2-4-5-3-1;1-4(2)3/h2-4H,5H2,1H3,(H,12,13,14);3-4H,2H2,1H3;1-2H,3H2;1-2,7H,3H2;1-4H2;. The molecule has 0 atom stereocenters. The molecule has 7 nitrogen and oxygen atoms in total. The summed E-state index contributed by atoms with van der Waals surface area (Å²) >= 11 is 43.3. The molecule has 5 aromatic heterocycles. The number of thioether (sulfide) groups is 1. The Kier molecular flexibility index (Phi) is 30.4. The Hall–Kier alpha value is 0.930. The highest BCUT2D eigenvalue weighted by molar-refractivity contribution is 9.93. The third kappa shape index (κ3) is 23.2. The molecule has 0 unspecified atom stereocenters. The largest absolute Gasteiger partial charge is 0.462 e. The Balaban J connectivity index is 0.000000331. The lowest BCUT2D eigenvalue weighted by Crippen LogP contribution is -2.07. The summed E-state index contributed by atoms with van der Waals surface area (Å²) in [6.07, 6.45) is 2.56. The van der Waals surface area contributed by atoms with Gasteiger partial charge in [0.1, 0.15) is 8.91 Å². The van der Waals surface area contributed by atoms with Crippen molar-refractivity contribution in [3.8, 4) is 0 Å². The number of carbonyl (C=O) groups is 1. The second kappa shape index (κ2) is 31.0. The third-order valence-corrected chi connectivity index (χ3v) is 12.9. The number of carbonyl (C=O) groups excluding carboxylic acids is 1. The molecule has 288 valence electrons. The molecule has 1 aliphatic heterocycles. The maximum Gasteiger partial charge on any atom is 0.349 e. The van der Waals surface area contributed by atoms with Crippen molar-refractivity contribution in [1.29, 1.82) is 0 Å². The molecule has 2 N–H and O–H groups in total. The van der Waals surface area contributed by atoms with Crippen LogP contribution in [0.15, 0.2) is 61.8 Å². The van der Waals surface area contributed by atoms with Gasteiger partial charge in [0.15, 0.2) is 5.16 Å². The number of alkyl halides is 1. The highest BCUT2D eigenvalue weighted by Gasteiger charge is 2.11. The number of nitrogens with one attached hydrogen (secondary N) is 1. The van der Waals surface area contributed by atoms with Crippen LogP contribution < -0.4 is 5.56 Å². The molecule has 6 rings (SSSR count). The van der Waals surface area contributed by atoms with Gasteiger partial charge in [-0.1, -0.05) is 74.1 Å². The maximum atomic E-state index is 11.2. The highest BCUT2D eigenvalue weighted by atomic mass is 80.0. The van der Waals surface area contributed by atoms with E-state index in [9.17, 15) is 9.59 Å². The first-order valence-electron chi connectivity index (χ1n) is 14.6. The van der Waals surface area contributed by atoms with Crippen LogP contribution in [0.3, 0.4) is 0 Å². The smallest absolute Gasteiger partial charge is 0.349 e. The molecule has 0 bridgehead atoms. The lowest BCUT2D eigenvalue weighted by molar-refractivity contribution is 0.0532. The monoisotopic (exact) mass is 1160 g/mol. The van der Waals surface area contributed by atoms with E-state index in [4.69, 9.17) is 61.0 Å². The van der Waals surface area contributed by atoms with E-state index in [1.165, 1.54) is 58.2 Å². The number of aromatic amines is 1. The topological polar surface area (TPSA) is 102 Å². The lowest BCUT2D eigenvalue weighted by atomic mass is 10.4. The first-order chi connectivity index (χ1) is 24.8. The van der Waals surface area contributed by atoms with Crippen LogP contribution in [0.4, 0.5) is 0 Å². The van der Waals surface area contributed by atoms with Crippen LogP contribution in [0.1, 0.15) is 49.8 Å². The molecule has 1 aliphatic rings. The zero-order valence-electron chi connectivity index (χ0n) is 27.4. The fourth-order valence-electron chi connectivity index (χ4n) is 3.19. The molecular weight excluding hydrogens is 1130 g/mol. The summed E-state index contributed by atoms with van der Waals surface area (Å²) < 4.78 is 9.52. The second-order valence-electron chi connectivity index (χ2n) is 9.18. The Morgan fingerprint density at radius 1 is 0.923 bits per heavy atom. The number of aliphatic hydroxyl groups is 1. The van der Waals surface area contributed by atoms with E-state index in [-0.39, 0.29) is 22.2 Å². The number of esters is 1. The zero-order valence-corrected chi connectivity index (χ0v) is 41.7. The van der Waals surface area contributed by atoms with Crippen LogP contribution in [0.25, 0.3) is 0 Å². The maximum absolute atomic E-state index is 11.2. The molecule has 0 spiro atoms. The van der Waals surface area contributed by atoms with Gasteiger partial charge in [0, 0.05) is 50.7 Å². The van der Waals surface area contributed by atoms with Crippen molar-refractivity contribution in [3.05, 3.63) is 107 Å². The number of halogens is 8. The first-order valence-corrected chi connectivity index (χ1v) is 29.1. The normalized spacial score (nSPS) is 11.3. The summed E-state index contributed by atoms with van der Waals surface area (Å²) in [5.74, 6) is 0.385. The number of hydrogen-bond acceptors (Lipinski definition) is 11. The molecule has 5 aromatic rings. The fourth-order valence-corrected chi connectivity index (χ4v) is 9.20. The van der Waals surface area contributed by atoms with E-state index in [1.807, 2.05) is 28.3 Å². The summed E-state index contributed by atoms with van der Waals surface area (Å²) in [6.45, 7) is 6.00. The third-order valence-electron chi connectivity index (χ3n) is 5.43. The van der Waals surface area contributed by atoms with Gasteiger partial charge in [-0.25, -0.2) is 9.78 Å². The Morgan fingerprint density at radius 2 is 1.42 bits per heavy atom. The summed E-state index contributed by atoms with van der Waals surface area (Å²) in [4.78, 5) is 32.8. The van der Waals surface area contributed by atoms with E-state index in [1.54, 1.807) is 54.0 Å². The van der Waals surface area contributed by atoms with Crippen LogP contribution in [0.2, 0.25) is 20.1 Å². The molecule has 0 aromatic carbocycles. The molecule has 6 heterocycles. The Labute approximate surface area is 377 Å². The van der Waals surface area contributed by atoms with Crippen LogP contribution in [0.5, 0.6) is 0 Å². The Morgan fingerprint density at radius 3 is 1.77 bits per heavy atom. The molecule has 0 radical (unpaired) electrons. The van der Waals surface area contributed by atoms with Crippen molar-refractivity contribution in [1.82, 2.24) is 9.97 Å². The van der Waals surface area contributed by atoms with Crippen molar-refractivity contribution in [2.75, 3.05) is 19.8 Å². The molecule has 52 heavy (non-hydrogen) atoms. The predicted octanol–water partition coefficient (Wildman–Crippen LogP) is 15.0. The van der Waals surface area contributed by atoms with Crippen LogP contribution in [-0.2, 0) is 27.2 Å². The number of aliphatic hydroxyl groups excluding tert-OH is 1. The van der Waals surface area contributed by atoms with Crippen molar-refractivity contribution in [2.24, 2.45) is 0 Å². The van der Waals surface area contributed by atoms with Crippen LogP contribution >= 0.6 is 170 Å². The van der Waals surface area contributed by atoms with E-state index in [0.29, 0.717) is 26.7 Å². The van der Waals surface area contributed by atoms with Gasteiger partial charge in [0.05, 0.1) is 33.3 Å². The summed E-state index contributed by atoms with van der Waals surface area (Å²) in [5, 5.41) is 20.3.